The van der Waals surface area contributed by atoms with Crippen molar-refractivity contribution in [3.63, 3.8) is 0 Å². The molecular weight excluding hydrogens is 360 g/mol. The highest BCUT2D eigenvalue weighted by Crippen LogP contribution is 2.27. The highest BCUT2D eigenvalue weighted by Gasteiger charge is 2.23. The van der Waals surface area contributed by atoms with Crippen molar-refractivity contribution < 1.29 is 17.6 Å². The zero-order valence-electron chi connectivity index (χ0n) is 11.5. The van der Waals surface area contributed by atoms with Gasteiger partial charge in [0.05, 0.1) is 24.2 Å². The van der Waals surface area contributed by atoms with E-state index in [9.17, 15) is 8.42 Å². The first-order chi connectivity index (χ1) is 9.84. The summed E-state index contributed by atoms with van der Waals surface area (Å²) in [6, 6.07) is 7.77. The van der Waals surface area contributed by atoms with E-state index < -0.39 is 10.0 Å². The number of halogens is 1. The van der Waals surface area contributed by atoms with Crippen molar-refractivity contribution in [2.24, 2.45) is 0 Å². The third-order valence-electron chi connectivity index (χ3n) is 2.92. The molecule has 1 aromatic heterocycles. The maximum Gasteiger partial charge on any atom is 0.243 e. The van der Waals surface area contributed by atoms with Crippen LogP contribution in [0.25, 0.3) is 0 Å². The van der Waals surface area contributed by atoms with Gasteiger partial charge in [0, 0.05) is 13.1 Å². The number of methoxy groups -OCH3 is 1. The number of hydrogen-bond acceptors (Lipinski definition) is 5. The summed E-state index contributed by atoms with van der Waals surface area (Å²) in [7, 11) is -0.737. The molecular formula is C13H15BrN2O4S. The Balaban J connectivity index is 2.28. The van der Waals surface area contributed by atoms with Gasteiger partial charge in [-0.2, -0.15) is 4.31 Å². The van der Waals surface area contributed by atoms with E-state index in [0.717, 1.165) is 0 Å². The van der Waals surface area contributed by atoms with Crippen LogP contribution in [0.2, 0.25) is 0 Å². The molecule has 114 valence electrons. The molecule has 2 rings (SSSR count). The van der Waals surface area contributed by atoms with Crippen molar-refractivity contribution in [2.45, 2.75) is 11.4 Å². The molecule has 21 heavy (non-hydrogen) atoms. The first-order valence-corrected chi connectivity index (χ1v) is 8.22. The minimum Gasteiger partial charge on any atom is -0.495 e. The van der Waals surface area contributed by atoms with Crippen LogP contribution < -0.4 is 10.5 Å². The monoisotopic (exact) mass is 374 g/mol. The number of nitrogens with two attached hydrogens (primary N) is 1. The van der Waals surface area contributed by atoms with E-state index in [1.165, 1.54) is 36.7 Å². The van der Waals surface area contributed by atoms with E-state index in [0.29, 0.717) is 21.9 Å². The maximum atomic E-state index is 12.5. The highest BCUT2D eigenvalue weighted by molar-refractivity contribution is 9.10. The van der Waals surface area contributed by atoms with Crippen LogP contribution in [-0.4, -0.2) is 26.9 Å². The molecule has 0 radical (unpaired) electrons. The molecule has 1 aromatic carbocycles. The molecule has 8 heteroatoms. The fourth-order valence-electron chi connectivity index (χ4n) is 1.77. The second-order valence-corrected chi connectivity index (χ2v) is 7.20. The molecule has 0 unspecified atom stereocenters. The molecule has 1 heterocycles. The van der Waals surface area contributed by atoms with Gasteiger partial charge in [-0.1, -0.05) is 0 Å². The first kappa shape index (κ1) is 15.9. The summed E-state index contributed by atoms with van der Waals surface area (Å²) in [4.78, 5) is 0.113. The number of furan rings is 1. The van der Waals surface area contributed by atoms with Crippen molar-refractivity contribution in [1.82, 2.24) is 4.31 Å². The zero-order valence-corrected chi connectivity index (χ0v) is 13.9. The smallest absolute Gasteiger partial charge is 0.243 e. The van der Waals surface area contributed by atoms with Crippen molar-refractivity contribution in [3.05, 3.63) is 40.8 Å². The number of sulfonamides is 1. The molecule has 0 amide bonds. The molecule has 0 spiro atoms. The lowest BCUT2D eigenvalue weighted by Gasteiger charge is -2.16. The average Bonchev–Trinajstić information content (AvgIpc) is 2.84. The summed E-state index contributed by atoms with van der Waals surface area (Å²) in [5.74, 6) is 0.862. The van der Waals surface area contributed by atoms with Crippen LogP contribution in [-0.2, 0) is 16.6 Å². The van der Waals surface area contributed by atoms with Gasteiger partial charge in [0.15, 0.2) is 4.67 Å². The Morgan fingerprint density at radius 1 is 1.33 bits per heavy atom. The Morgan fingerprint density at radius 2 is 2.05 bits per heavy atom. The van der Waals surface area contributed by atoms with Gasteiger partial charge < -0.3 is 14.9 Å². The summed E-state index contributed by atoms with van der Waals surface area (Å²) in [6.07, 6.45) is 0. The standard InChI is InChI=1S/C13H15BrN2O4S/c1-16(8-9-3-6-13(14)20-9)21(17,18)10-4-5-11(15)12(7-10)19-2/h3-7H,8,15H2,1-2H3. The van der Waals surface area contributed by atoms with Crippen LogP contribution in [0.1, 0.15) is 5.76 Å². The van der Waals surface area contributed by atoms with E-state index >= 15 is 0 Å². The Bertz CT molecular complexity index is 742. The van der Waals surface area contributed by atoms with Gasteiger partial charge in [-0.3, -0.25) is 0 Å². The van der Waals surface area contributed by atoms with Gasteiger partial charge in [0.2, 0.25) is 10.0 Å². The van der Waals surface area contributed by atoms with Crippen LogP contribution in [0.3, 0.4) is 0 Å². The van der Waals surface area contributed by atoms with Crippen LogP contribution in [0, 0.1) is 0 Å². The largest absolute Gasteiger partial charge is 0.495 e. The third kappa shape index (κ3) is 3.39. The number of anilines is 1. The molecule has 0 bridgehead atoms. The molecule has 2 aromatic rings. The van der Waals surface area contributed by atoms with Crippen LogP contribution in [0.5, 0.6) is 5.75 Å². The zero-order chi connectivity index (χ0) is 15.6. The number of nitrogen functional groups attached to an aromatic ring is 1. The fourth-order valence-corrected chi connectivity index (χ4v) is 3.27. The van der Waals surface area contributed by atoms with E-state index in [1.54, 1.807) is 12.1 Å². The van der Waals surface area contributed by atoms with Crippen molar-refractivity contribution in [1.29, 1.82) is 0 Å². The number of nitrogens with zero attached hydrogens (tertiary/aromatic N) is 1. The quantitative estimate of drug-likeness (QED) is 0.812. The second kappa shape index (κ2) is 6.08. The summed E-state index contributed by atoms with van der Waals surface area (Å²) >= 11 is 3.18. The van der Waals surface area contributed by atoms with Crippen molar-refractivity contribution in [2.75, 3.05) is 19.9 Å². The van der Waals surface area contributed by atoms with Gasteiger partial charge in [-0.15, -0.1) is 0 Å². The molecule has 0 aliphatic rings. The van der Waals surface area contributed by atoms with Crippen LogP contribution in [0.4, 0.5) is 5.69 Å². The Kier molecular flexibility index (Phi) is 4.60. The summed E-state index contributed by atoms with van der Waals surface area (Å²) in [6.45, 7) is 0.126. The Hall–Kier alpha value is -1.51. The van der Waals surface area contributed by atoms with Crippen LogP contribution in [0.15, 0.2) is 44.3 Å². The maximum absolute atomic E-state index is 12.5. The number of ether oxygens (including phenoxy) is 1. The van der Waals surface area contributed by atoms with E-state index in [4.69, 9.17) is 14.9 Å². The minimum absolute atomic E-state index is 0.113. The van der Waals surface area contributed by atoms with Gasteiger partial charge in [-0.05, 0) is 40.2 Å². The summed E-state index contributed by atoms with van der Waals surface area (Å²) in [5, 5.41) is 0. The lowest BCUT2D eigenvalue weighted by atomic mass is 10.3. The molecule has 0 saturated heterocycles. The topological polar surface area (TPSA) is 85.8 Å². The molecule has 6 nitrogen and oxygen atoms in total. The number of hydrogen-bond donors (Lipinski definition) is 1. The molecule has 0 saturated carbocycles. The summed E-state index contributed by atoms with van der Waals surface area (Å²) < 4.78 is 37.1. The van der Waals surface area contributed by atoms with E-state index in [2.05, 4.69) is 15.9 Å². The van der Waals surface area contributed by atoms with Crippen molar-refractivity contribution >= 4 is 31.6 Å². The van der Waals surface area contributed by atoms with Gasteiger partial charge in [-0.25, -0.2) is 8.42 Å². The lowest BCUT2D eigenvalue weighted by Crippen LogP contribution is -2.26. The SMILES string of the molecule is COc1cc(S(=O)(=O)N(C)Cc2ccc(Br)o2)ccc1N. The van der Waals surface area contributed by atoms with E-state index in [1.807, 2.05) is 0 Å². The molecule has 0 fully saturated rings. The molecule has 2 N–H and O–H groups in total. The van der Waals surface area contributed by atoms with Gasteiger partial charge in [0.25, 0.3) is 0 Å². The first-order valence-electron chi connectivity index (χ1n) is 5.98. The van der Waals surface area contributed by atoms with Crippen molar-refractivity contribution in [3.8, 4) is 5.75 Å². The second-order valence-electron chi connectivity index (χ2n) is 4.37. The van der Waals surface area contributed by atoms with E-state index in [-0.39, 0.29) is 11.4 Å². The fraction of sp³-hybridized carbons (Fsp3) is 0.231. The Labute approximate surface area is 131 Å². The normalized spacial score (nSPS) is 11.8. The highest BCUT2D eigenvalue weighted by atomic mass is 79.9. The molecule has 0 aliphatic heterocycles. The molecule has 0 atom stereocenters. The number of benzene rings is 1. The minimum atomic E-state index is -3.65. The van der Waals surface area contributed by atoms with Gasteiger partial charge in [0.1, 0.15) is 11.5 Å². The lowest BCUT2D eigenvalue weighted by molar-refractivity contribution is 0.397. The predicted octanol–water partition coefficient (Wildman–Crippen LogP) is 2.45. The average molecular weight is 375 g/mol. The third-order valence-corrected chi connectivity index (χ3v) is 5.15. The van der Waals surface area contributed by atoms with Gasteiger partial charge >= 0.3 is 0 Å². The van der Waals surface area contributed by atoms with Crippen LogP contribution >= 0.6 is 15.9 Å². The Morgan fingerprint density at radius 3 is 2.62 bits per heavy atom. The predicted molar refractivity (Wildman–Crippen MR) is 82.5 cm³/mol. The molecule has 0 aliphatic carbocycles. The summed E-state index contributed by atoms with van der Waals surface area (Å²) in [5.41, 5.74) is 6.08. The number of rotatable bonds is 5.